The molecule has 0 bridgehead atoms. The number of carbonyl (C=O) groups is 1. The molecular formula is C15H27N3O4S. The highest BCUT2D eigenvalue weighted by atomic mass is 32.2. The Bertz CT molecular complexity index is 549. The van der Waals surface area contributed by atoms with Gasteiger partial charge in [-0.05, 0) is 39.5 Å². The van der Waals surface area contributed by atoms with E-state index in [2.05, 4.69) is 5.32 Å². The number of nitrogens with zero attached hydrogens (tertiary/aromatic N) is 2. The summed E-state index contributed by atoms with van der Waals surface area (Å²) in [6.45, 7) is 6.49. The fraction of sp³-hybridized carbons (Fsp3) is 0.933. The van der Waals surface area contributed by atoms with Gasteiger partial charge in [-0.3, -0.25) is 0 Å². The first kappa shape index (κ1) is 17.0. The molecule has 3 rings (SSSR count). The van der Waals surface area contributed by atoms with E-state index in [0.717, 1.165) is 12.8 Å². The molecule has 23 heavy (non-hydrogen) atoms. The first-order valence-corrected chi connectivity index (χ1v) is 10.0. The smallest absolute Gasteiger partial charge is 0.318 e. The zero-order chi connectivity index (χ0) is 16.7. The SMILES string of the molecule is CC(C)S(=O)(=O)N1CCC(N2C(=O)NCC23CCOCC3)CC1. The molecule has 3 fully saturated rings. The van der Waals surface area contributed by atoms with Crippen LogP contribution in [0, 0.1) is 0 Å². The average Bonchev–Trinajstić information content (AvgIpc) is 2.84. The second-order valence-corrected chi connectivity index (χ2v) is 9.58. The van der Waals surface area contributed by atoms with Gasteiger partial charge in [0.1, 0.15) is 0 Å². The molecule has 0 radical (unpaired) electrons. The number of amides is 2. The Hall–Kier alpha value is -0.860. The maximum absolute atomic E-state index is 12.4. The number of hydrogen-bond donors (Lipinski definition) is 1. The molecule has 0 aromatic carbocycles. The normalized spacial score (nSPS) is 26.9. The van der Waals surface area contributed by atoms with E-state index in [-0.39, 0.29) is 17.6 Å². The quantitative estimate of drug-likeness (QED) is 0.819. The van der Waals surface area contributed by atoms with Crippen molar-refractivity contribution in [2.45, 2.75) is 56.4 Å². The van der Waals surface area contributed by atoms with E-state index in [0.29, 0.717) is 45.7 Å². The minimum Gasteiger partial charge on any atom is -0.381 e. The van der Waals surface area contributed by atoms with Crippen LogP contribution in [0.4, 0.5) is 4.79 Å². The first-order chi connectivity index (χ1) is 10.9. The summed E-state index contributed by atoms with van der Waals surface area (Å²) in [4.78, 5) is 14.4. The molecule has 1 spiro atoms. The van der Waals surface area contributed by atoms with Gasteiger partial charge in [0.05, 0.1) is 10.8 Å². The summed E-state index contributed by atoms with van der Waals surface area (Å²) >= 11 is 0. The van der Waals surface area contributed by atoms with Gasteiger partial charge in [0, 0.05) is 38.9 Å². The number of hydrogen-bond acceptors (Lipinski definition) is 4. The molecule has 0 unspecified atom stereocenters. The van der Waals surface area contributed by atoms with Crippen molar-refractivity contribution in [3.05, 3.63) is 0 Å². The Morgan fingerprint density at radius 1 is 1.22 bits per heavy atom. The highest BCUT2D eigenvalue weighted by Crippen LogP contribution is 2.36. The molecule has 3 aliphatic heterocycles. The van der Waals surface area contributed by atoms with Crippen LogP contribution in [-0.4, -0.2) is 73.3 Å². The Labute approximate surface area is 138 Å². The van der Waals surface area contributed by atoms with Crippen LogP contribution in [0.1, 0.15) is 39.5 Å². The van der Waals surface area contributed by atoms with E-state index >= 15 is 0 Å². The molecule has 3 saturated heterocycles. The predicted octanol–water partition coefficient (Wildman–Crippen LogP) is 0.763. The summed E-state index contributed by atoms with van der Waals surface area (Å²) in [6, 6.07) is 0.117. The van der Waals surface area contributed by atoms with Crippen LogP contribution in [0.2, 0.25) is 0 Å². The monoisotopic (exact) mass is 345 g/mol. The molecule has 132 valence electrons. The highest BCUT2D eigenvalue weighted by Gasteiger charge is 2.50. The Balaban J connectivity index is 1.70. The van der Waals surface area contributed by atoms with Crippen molar-refractivity contribution in [1.29, 1.82) is 0 Å². The van der Waals surface area contributed by atoms with Crippen molar-refractivity contribution in [1.82, 2.24) is 14.5 Å². The lowest BCUT2D eigenvalue weighted by molar-refractivity contribution is -0.0121. The van der Waals surface area contributed by atoms with Crippen molar-refractivity contribution in [2.75, 3.05) is 32.8 Å². The van der Waals surface area contributed by atoms with E-state index in [4.69, 9.17) is 4.74 Å². The van der Waals surface area contributed by atoms with Crippen LogP contribution < -0.4 is 5.32 Å². The number of ether oxygens (including phenoxy) is 1. The van der Waals surface area contributed by atoms with Gasteiger partial charge < -0.3 is 15.0 Å². The Morgan fingerprint density at radius 2 is 1.83 bits per heavy atom. The van der Waals surface area contributed by atoms with Crippen LogP contribution in [-0.2, 0) is 14.8 Å². The third-order valence-corrected chi connectivity index (χ3v) is 7.74. The Morgan fingerprint density at radius 3 is 2.39 bits per heavy atom. The number of piperidine rings is 1. The van der Waals surface area contributed by atoms with Gasteiger partial charge in [0.15, 0.2) is 0 Å². The Kier molecular flexibility index (Phi) is 4.59. The third kappa shape index (κ3) is 2.96. The summed E-state index contributed by atoms with van der Waals surface area (Å²) in [5.41, 5.74) is -0.140. The van der Waals surface area contributed by atoms with Crippen LogP contribution in [0.3, 0.4) is 0 Å². The lowest BCUT2D eigenvalue weighted by Gasteiger charge is -2.46. The molecule has 3 heterocycles. The topological polar surface area (TPSA) is 79.0 Å². The predicted molar refractivity (Wildman–Crippen MR) is 86.7 cm³/mol. The molecule has 0 aliphatic carbocycles. The first-order valence-electron chi connectivity index (χ1n) is 8.51. The minimum atomic E-state index is -3.20. The molecule has 0 aromatic rings. The van der Waals surface area contributed by atoms with Gasteiger partial charge in [-0.25, -0.2) is 17.5 Å². The van der Waals surface area contributed by atoms with Crippen LogP contribution >= 0.6 is 0 Å². The number of sulfonamides is 1. The molecule has 3 aliphatic rings. The minimum absolute atomic E-state index is 0.00272. The molecule has 0 aromatic heterocycles. The van der Waals surface area contributed by atoms with Crippen molar-refractivity contribution >= 4 is 16.1 Å². The summed E-state index contributed by atoms with van der Waals surface area (Å²) < 4.78 is 31.6. The maximum atomic E-state index is 12.4. The highest BCUT2D eigenvalue weighted by molar-refractivity contribution is 7.89. The van der Waals surface area contributed by atoms with E-state index in [1.165, 1.54) is 0 Å². The van der Waals surface area contributed by atoms with Gasteiger partial charge in [0.2, 0.25) is 10.0 Å². The van der Waals surface area contributed by atoms with E-state index in [1.54, 1.807) is 18.2 Å². The lowest BCUT2D eigenvalue weighted by Crippen LogP contribution is -2.58. The fourth-order valence-electron chi connectivity index (χ4n) is 4.00. The van der Waals surface area contributed by atoms with Crippen LogP contribution in [0.25, 0.3) is 0 Å². The van der Waals surface area contributed by atoms with Gasteiger partial charge in [-0.1, -0.05) is 0 Å². The van der Waals surface area contributed by atoms with Crippen molar-refractivity contribution < 1.29 is 17.9 Å². The second kappa shape index (κ2) is 6.22. The molecule has 7 nitrogen and oxygen atoms in total. The number of nitrogens with one attached hydrogen (secondary N) is 1. The number of rotatable bonds is 3. The van der Waals surface area contributed by atoms with Crippen molar-refractivity contribution in [3.63, 3.8) is 0 Å². The van der Waals surface area contributed by atoms with E-state index in [9.17, 15) is 13.2 Å². The summed E-state index contributed by atoms with van der Waals surface area (Å²) in [7, 11) is -3.20. The zero-order valence-electron chi connectivity index (χ0n) is 14.0. The van der Waals surface area contributed by atoms with Crippen LogP contribution in [0.5, 0.6) is 0 Å². The van der Waals surface area contributed by atoms with Gasteiger partial charge in [0.25, 0.3) is 0 Å². The van der Waals surface area contributed by atoms with Gasteiger partial charge in [-0.15, -0.1) is 0 Å². The largest absolute Gasteiger partial charge is 0.381 e. The molecule has 1 N–H and O–H groups in total. The number of urea groups is 1. The van der Waals surface area contributed by atoms with E-state index < -0.39 is 15.3 Å². The fourth-order valence-corrected chi connectivity index (χ4v) is 5.32. The summed E-state index contributed by atoms with van der Waals surface area (Å²) in [5, 5.41) is 2.59. The van der Waals surface area contributed by atoms with E-state index in [1.807, 2.05) is 4.90 Å². The molecule has 0 atom stereocenters. The molecular weight excluding hydrogens is 318 g/mol. The average molecular weight is 345 g/mol. The lowest BCUT2D eigenvalue weighted by atomic mass is 9.87. The molecule has 0 saturated carbocycles. The van der Waals surface area contributed by atoms with Crippen molar-refractivity contribution in [2.24, 2.45) is 0 Å². The van der Waals surface area contributed by atoms with Gasteiger partial charge >= 0.3 is 6.03 Å². The van der Waals surface area contributed by atoms with Crippen LogP contribution in [0.15, 0.2) is 0 Å². The maximum Gasteiger partial charge on any atom is 0.318 e. The molecule has 2 amide bonds. The summed E-state index contributed by atoms with van der Waals surface area (Å²) in [6.07, 6.45) is 3.14. The van der Waals surface area contributed by atoms with Crippen molar-refractivity contribution in [3.8, 4) is 0 Å². The summed E-state index contributed by atoms with van der Waals surface area (Å²) in [5.74, 6) is 0. The second-order valence-electron chi connectivity index (χ2n) is 7.09. The molecule has 8 heteroatoms. The standard InChI is InChI=1S/C15H27N3O4S/c1-12(2)23(20,21)17-7-3-13(4-8-17)18-14(19)16-11-15(18)5-9-22-10-6-15/h12-13H,3-11H2,1-2H3,(H,16,19). The van der Waals surface area contributed by atoms with Gasteiger partial charge in [-0.2, -0.15) is 0 Å². The zero-order valence-corrected chi connectivity index (χ0v) is 14.8. The number of carbonyl (C=O) groups excluding carboxylic acids is 1. The third-order valence-electron chi connectivity index (χ3n) is 5.47.